The van der Waals surface area contributed by atoms with E-state index in [-0.39, 0.29) is 0 Å². The Labute approximate surface area is 116 Å². The number of hydrogen-bond acceptors (Lipinski definition) is 2. The minimum absolute atomic E-state index is 0.431. The number of rotatable bonds is 4. The van der Waals surface area contributed by atoms with Gasteiger partial charge in [0.05, 0.1) is 0 Å². The molecule has 0 heterocycles. The zero-order valence-electron chi connectivity index (χ0n) is 9.87. The summed E-state index contributed by atoms with van der Waals surface area (Å²) in [6.07, 6.45) is 4.01. The number of anilines is 1. The van der Waals surface area contributed by atoms with E-state index in [9.17, 15) is 0 Å². The van der Waals surface area contributed by atoms with E-state index in [2.05, 4.69) is 28.2 Å². The molecule has 0 aliphatic heterocycles. The molecule has 92 valence electrons. The smallest absolute Gasteiger partial charge is 0.107 e. The summed E-state index contributed by atoms with van der Waals surface area (Å²) in [6.45, 7) is 2.23. The van der Waals surface area contributed by atoms with Gasteiger partial charge in [0.1, 0.15) is 4.99 Å². The van der Waals surface area contributed by atoms with Crippen LogP contribution in [0.2, 0.25) is 0 Å². The third kappa shape index (κ3) is 2.80. The lowest BCUT2D eigenvalue weighted by molar-refractivity contribution is 0.285. The summed E-state index contributed by atoms with van der Waals surface area (Å²) in [7, 11) is 0. The fourth-order valence-electron chi connectivity index (χ4n) is 2.20. The maximum absolute atomic E-state index is 5.78. The predicted molar refractivity (Wildman–Crippen MR) is 80.5 cm³/mol. The molecule has 1 saturated carbocycles. The Kier molecular flexibility index (Phi) is 4.05. The summed E-state index contributed by atoms with van der Waals surface area (Å²) in [5, 5.41) is 3.54. The Hall–Kier alpha value is -0.610. The molecule has 17 heavy (non-hydrogen) atoms. The molecule has 0 saturated heterocycles. The lowest BCUT2D eigenvalue weighted by Crippen LogP contribution is -2.31. The fraction of sp³-hybridized carbons (Fsp3) is 0.462. The van der Waals surface area contributed by atoms with Crippen molar-refractivity contribution in [2.75, 3.05) is 5.32 Å². The van der Waals surface area contributed by atoms with Crippen LogP contribution in [-0.2, 0) is 0 Å². The van der Waals surface area contributed by atoms with Crippen molar-refractivity contribution >= 4 is 38.8 Å². The van der Waals surface area contributed by atoms with Crippen molar-refractivity contribution in [2.24, 2.45) is 11.7 Å². The van der Waals surface area contributed by atoms with Crippen molar-refractivity contribution in [1.29, 1.82) is 0 Å². The molecular formula is C13H17BrN2S. The van der Waals surface area contributed by atoms with Gasteiger partial charge in [-0.25, -0.2) is 0 Å². The van der Waals surface area contributed by atoms with Gasteiger partial charge in [-0.1, -0.05) is 24.7 Å². The van der Waals surface area contributed by atoms with Gasteiger partial charge in [0.2, 0.25) is 0 Å². The monoisotopic (exact) mass is 312 g/mol. The SMILES string of the molecule is CC(Nc1cccc(Br)c1C(N)=S)C1CCC1. The summed E-state index contributed by atoms with van der Waals surface area (Å²) < 4.78 is 0.954. The van der Waals surface area contributed by atoms with Crippen LogP contribution in [-0.4, -0.2) is 11.0 Å². The van der Waals surface area contributed by atoms with Gasteiger partial charge in [-0.3, -0.25) is 0 Å². The molecule has 4 heteroatoms. The molecule has 1 aromatic carbocycles. The molecule has 0 radical (unpaired) electrons. The van der Waals surface area contributed by atoms with E-state index in [0.29, 0.717) is 11.0 Å². The molecule has 1 unspecified atom stereocenters. The maximum Gasteiger partial charge on any atom is 0.107 e. The van der Waals surface area contributed by atoms with Gasteiger partial charge in [-0.2, -0.15) is 0 Å². The van der Waals surface area contributed by atoms with Crippen LogP contribution in [0.25, 0.3) is 0 Å². The molecule has 0 aromatic heterocycles. The molecule has 1 fully saturated rings. The molecule has 1 aromatic rings. The van der Waals surface area contributed by atoms with E-state index in [1.807, 2.05) is 18.2 Å². The van der Waals surface area contributed by atoms with Gasteiger partial charge in [0, 0.05) is 21.8 Å². The number of nitrogens with two attached hydrogens (primary N) is 1. The van der Waals surface area contributed by atoms with Gasteiger partial charge in [0.15, 0.2) is 0 Å². The van der Waals surface area contributed by atoms with Crippen LogP contribution < -0.4 is 11.1 Å². The van der Waals surface area contributed by atoms with Crippen LogP contribution in [0, 0.1) is 5.92 Å². The highest BCUT2D eigenvalue weighted by Gasteiger charge is 2.24. The number of thiocarbonyl (C=S) groups is 1. The van der Waals surface area contributed by atoms with Crippen molar-refractivity contribution in [1.82, 2.24) is 0 Å². The number of benzene rings is 1. The third-order valence-electron chi connectivity index (χ3n) is 3.50. The Morgan fingerprint density at radius 1 is 1.53 bits per heavy atom. The van der Waals surface area contributed by atoms with Crippen LogP contribution in [0.15, 0.2) is 22.7 Å². The van der Waals surface area contributed by atoms with Crippen LogP contribution in [0.5, 0.6) is 0 Å². The van der Waals surface area contributed by atoms with Gasteiger partial charge < -0.3 is 11.1 Å². The van der Waals surface area contributed by atoms with Crippen molar-refractivity contribution in [2.45, 2.75) is 32.2 Å². The first kappa shape index (κ1) is 12.8. The first-order valence-electron chi connectivity index (χ1n) is 5.94. The average molecular weight is 313 g/mol. The zero-order chi connectivity index (χ0) is 12.4. The summed E-state index contributed by atoms with van der Waals surface area (Å²) in [5.74, 6) is 0.785. The normalized spacial score (nSPS) is 17.3. The Balaban J connectivity index is 2.19. The molecule has 0 spiro atoms. The topological polar surface area (TPSA) is 38.0 Å². The second kappa shape index (κ2) is 5.36. The van der Waals surface area contributed by atoms with E-state index in [0.717, 1.165) is 21.6 Å². The molecule has 1 atom stereocenters. The fourth-order valence-corrected chi connectivity index (χ4v) is 3.13. The molecule has 2 rings (SSSR count). The largest absolute Gasteiger partial charge is 0.389 e. The highest BCUT2D eigenvalue weighted by atomic mass is 79.9. The summed E-state index contributed by atoms with van der Waals surface area (Å²) in [4.78, 5) is 0.431. The Morgan fingerprint density at radius 2 is 2.24 bits per heavy atom. The van der Waals surface area contributed by atoms with E-state index in [1.54, 1.807) is 0 Å². The number of halogens is 1. The summed E-state index contributed by atoms with van der Waals surface area (Å²) in [5.41, 5.74) is 7.72. The summed E-state index contributed by atoms with van der Waals surface area (Å²) in [6, 6.07) is 6.48. The van der Waals surface area contributed by atoms with Crippen molar-refractivity contribution in [3.8, 4) is 0 Å². The van der Waals surface area contributed by atoms with Gasteiger partial charge >= 0.3 is 0 Å². The lowest BCUT2D eigenvalue weighted by Gasteiger charge is -2.33. The van der Waals surface area contributed by atoms with E-state index in [1.165, 1.54) is 19.3 Å². The predicted octanol–water partition coefficient (Wildman–Crippen LogP) is 3.68. The van der Waals surface area contributed by atoms with Gasteiger partial charge in [-0.05, 0) is 53.7 Å². The Bertz CT molecular complexity index is 429. The maximum atomic E-state index is 5.78. The number of nitrogens with one attached hydrogen (secondary N) is 1. The van der Waals surface area contributed by atoms with E-state index < -0.39 is 0 Å². The van der Waals surface area contributed by atoms with Crippen molar-refractivity contribution in [3.05, 3.63) is 28.2 Å². The van der Waals surface area contributed by atoms with Crippen molar-refractivity contribution < 1.29 is 0 Å². The molecule has 3 N–H and O–H groups in total. The number of hydrogen-bond donors (Lipinski definition) is 2. The first-order valence-corrected chi connectivity index (χ1v) is 7.14. The van der Waals surface area contributed by atoms with Crippen molar-refractivity contribution in [3.63, 3.8) is 0 Å². The van der Waals surface area contributed by atoms with Crippen LogP contribution in [0.1, 0.15) is 31.7 Å². The van der Waals surface area contributed by atoms with Gasteiger partial charge in [0.25, 0.3) is 0 Å². The summed E-state index contributed by atoms with van der Waals surface area (Å²) >= 11 is 8.60. The lowest BCUT2D eigenvalue weighted by atomic mass is 9.80. The van der Waals surface area contributed by atoms with E-state index in [4.69, 9.17) is 18.0 Å². The highest BCUT2D eigenvalue weighted by Crippen LogP contribution is 2.32. The molecule has 2 nitrogen and oxygen atoms in total. The minimum Gasteiger partial charge on any atom is -0.389 e. The molecule has 1 aliphatic carbocycles. The van der Waals surface area contributed by atoms with Crippen LogP contribution in [0.4, 0.5) is 5.69 Å². The van der Waals surface area contributed by atoms with Crippen LogP contribution in [0.3, 0.4) is 0 Å². The second-order valence-electron chi connectivity index (χ2n) is 4.65. The van der Waals surface area contributed by atoms with Crippen LogP contribution >= 0.6 is 28.1 Å². The highest BCUT2D eigenvalue weighted by molar-refractivity contribution is 9.10. The zero-order valence-corrected chi connectivity index (χ0v) is 12.3. The molecule has 1 aliphatic rings. The average Bonchev–Trinajstić information content (AvgIpc) is 2.13. The van der Waals surface area contributed by atoms with E-state index >= 15 is 0 Å². The third-order valence-corrected chi connectivity index (χ3v) is 4.37. The molecule has 0 bridgehead atoms. The quantitative estimate of drug-likeness (QED) is 0.833. The first-order chi connectivity index (χ1) is 8.09. The Morgan fingerprint density at radius 3 is 2.76 bits per heavy atom. The van der Waals surface area contributed by atoms with Gasteiger partial charge in [-0.15, -0.1) is 0 Å². The standard InChI is InChI=1S/C13H17BrN2S/c1-8(9-4-2-5-9)16-11-7-3-6-10(14)12(11)13(15)17/h3,6-9,16H,2,4-5H2,1H3,(H2,15,17). The second-order valence-corrected chi connectivity index (χ2v) is 5.94. The molecule has 0 amide bonds. The molecular weight excluding hydrogens is 296 g/mol. The minimum atomic E-state index is 0.431.